The third-order valence-electron chi connectivity index (χ3n) is 3.90. The van der Waals surface area contributed by atoms with Crippen molar-refractivity contribution in [2.45, 2.75) is 27.7 Å². The van der Waals surface area contributed by atoms with Gasteiger partial charge in [-0.25, -0.2) is 0 Å². The van der Waals surface area contributed by atoms with Gasteiger partial charge in [-0.3, -0.25) is 14.4 Å². The van der Waals surface area contributed by atoms with Gasteiger partial charge < -0.3 is 19.8 Å². The first-order valence-electron chi connectivity index (χ1n) is 9.18. The molecule has 7 nitrogen and oxygen atoms in total. The van der Waals surface area contributed by atoms with Crippen molar-refractivity contribution >= 4 is 35.2 Å². The molecule has 0 atom stereocenters. The summed E-state index contributed by atoms with van der Waals surface area (Å²) in [5, 5.41) is 2.65. The van der Waals surface area contributed by atoms with E-state index in [2.05, 4.69) is 10.3 Å². The van der Waals surface area contributed by atoms with Crippen LogP contribution in [0.1, 0.15) is 33.3 Å². The van der Waals surface area contributed by atoms with Crippen LogP contribution in [0.4, 0.5) is 0 Å². The van der Waals surface area contributed by atoms with Crippen molar-refractivity contribution in [2.75, 3.05) is 20.3 Å². The number of Topliss-reactive ketones (excluding diaryl/α,β-unsaturated/α-hetero) is 1. The SMILES string of the molecule is CCNC(=O)COc1ccc(/C=c2\s/c(=C\C(=O)C(C)(C)C)[nH]c2=O)cc1OC. The predicted molar refractivity (Wildman–Crippen MR) is 114 cm³/mol. The monoisotopic (exact) mass is 418 g/mol. The minimum atomic E-state index is -0.512. The highest BCUT2D eigenvalue weighted by atomic mass is 32.1. The second-order valence-electron chi connectivity index (χ2n) is 7.34. The number of rotatable bonds is 7. The van der Waals surface area contributed by atoms with E-state index in [1.54, 1.807) is 24.3 Å². The number of hydrogen-bond acceptors (Lipinski definition) is 6. The maximum atomic E-state index is 12.2. The first kappa shape index (κ1) is 22.4. The highest BCUT2D eigenvalue weighted by molar-refractivity contribution is 7.07. The van der Waals surface area contributed by atoms with E-state index in [1.165, 1.54) is 24.5 Å². The molecule has 1 aromatic heterocycles. The number of aromatic amines is 1. The number of ketones is 1. The molecule has 0 aliphatic rings. The number of H-pyrrole nitrogens is 1. The Kier molecular flexibility index (Phi) is 7.39. The molecule has 29 heavy (non-hydrogen) atoms. The lowest BCUT2D eigenvalue weighted by Crippen LogP contribution is -2.28. The van der Waals surface area contributed by atoms with Gasteiger partial charge in [0.25, 0.3) is 11.5 Å². The molecule has 8 heteroatoms. The lowest BCUT2D eigenvalue weighted by molar-refractivity contribution is -0.123. The smallest absolute Gasteiger partial charge is 0.266 e. The van der Waals surface area contributed by atoms with Crippen LogP contribution < -0.4 is 29.5 Å². The fourth-order valence-corrected chi connectivity index (χ4v) is 3.18. The molecule has 2 aromatic rings. The molecule has 0 spiro atoms. The third kappa shape index (κ3) is 6.32. The summed E-state index contributed by atoms with van der Waals surface area (Å²) in [5.41, 5.74) is -0.0473. The molecular weight excluding hydrogens is 392 g/mol. The van der Waals surface area contributed by atoms with Crippen molar-refractivity contribution in [1.82, 2.24) is 10.3 Å². The van der Waals surface area contributed by atoms with Gasteiger partial charge in [-0.1, -0.05) is 26.8 Å². The highest BCUT2D eigenvalue weighted by Crippen LogP contribution is 2.28. The number of carbonyl (C=O) groups is 2. The molecule has 2 N–H and O–H groups in total. The van der Waals surface area contributed by atoms with E-state index in [-0.39, 0.29) is 23.9 Å². The molecule has 2 rings (SSSR count). The summed E-state index contributed by atoms with van der Waals surface area (Å²) in [6, 6.07) is 5.16. The minimum Gasteiger partial charge on any atom is -0.493 e. The van der Waals surface area contributed by atoms with Crippen LogP contribution in [0.3, 0.4) is 0 Å². The Morgan fingerprint density at radius 2 is 1.97 bits per heavy atom. The van der Waals surface area contributed by atoms with Gasteiger partial charge in [-0.15, -0.1) is 11.3 Å². The van der Waals surface area contributed by atoms with E-state index >= 15 is 0 Å². The summed E-state index contributed by atoms with van der Waals surface area (Å²) in [6.07, 6.45) is 3.17. The Morgan fingerprint density at radius 1 is 1.24 bits per heavy atom. The third-order valence-corrected chi connectivity index (χ3v) is 4.86. The zero-order valence-electron chi connectivity index (χ0n) is 17.3. The van der Waals surface area contributed by atoms with Crippen LogP contribution >= 0.6 is 11.3 Å². The summed E-state index contributed by atoms with van der Waals surface area (Å²) in [5.74, 6) is 0.604. The van der Waals surface area contributed by atoms with Crippen LogP contribution in [-0.4, -0.2) is 36.9 Å². The number of amides is 1. The second-order valence-corrected chi connectivity index (χ2v) is 8.42. The summed E-state index contributed by atoms with van der Waals surface area (Å²) in [7, 11) is 1.50. The molecule has 0 aliphatic heterocycles. The van der Waals surface area contributed by atoms with Gasteiger partial charge >= 0.3 is 0 Å². The predicted octanol–water partition coefficient (Wildman–Crippen LogP) is 1.18. The fraction of sp³-hybridized carbons (Fsp3) is 0.381. The lowest BCUT2D eigenvalue weighted by Gasteiger charge is -2.12. The number of aromatic nitrogens is 1. The molecule has 156 valence electrons. The Hall–Kier alpha value is -2.87. The standard InChI is InChI=1S/C21H26N2O5S/c1-6-22-18(25)12-28-14-8-7-13(9-15(14)27-5)10-16-20(26)23-19(29-16)11-17(24)21(2,3)4/h7-11H,6,12H2,1-5H3,(H,22,25)(H,23,26)/b16-10-,19-11-. The van der Waals surface area contributed by atoms with Crippen molar-refractivity contribution in [1.29, 1.82) is 0 Å². The molecule has 0 aliphatic carbocycles. The number of nitrogens with one attached hydrogen (secondary N) is 2. The van der Waals surface area contributed by atoms with Crippen LogP contribution in [0.5, 0.6) is 11.5 Å². The van der Waals surface area contributed by atoms with Crippen molar-refractivity contribution < 1.29 is 19.1 Å². The average Bonchev–Trinajstić information content (AvgIpc) is 2.98. The van der Waals surface area contributed by atoms with Gasteiger partial charge in [0, 0.05) is 18.0 Å². The van der Waals surface area contributed by atoms with E-state index < -0.39 is 5.41 Å². The molecule has 0 fully saturated rings. The second kappa shape index (κ2) is 9.56. The zero-order chi connectivity index (χ0) is 21.6. The molecule has 0 radical (unpaired) electrons. The number of ether oxygens (including phenoxy) is 2. The number of benzene rings is 1. The number of carbonyl (C=O) groups excluding carboxylic acids is 2. The molecule has 1 amide bonds. The summed E-state index contributed by atoms with van der Waals surface area (Å²) < 4.78 is 11.8. The van der Waals surface area contributed by atoms with Gasteiger partial charge in [0.1, 0.15) is 0 Å². The van der Waals surface area contributed by atoms with E-state index in [4.69, 9.17) is 9.47 Å². The number of methoxy groups -OCH3 is 1. The number of thiazole rings is 1. The molecule has 0 bridgehead atoms. The van der Waals surface area contributed by atoms with E-state index in [0.29, 0.717) is 27.2 Å². The number of hydrogen-bond donors (Lipinski definition) is 2. The Bertz CT molecular complexity index is 1060. The van der Waals surface area contributed by atoms with Gasteiger partial charge in [-0.2, -0.15) is 0 Å². The van der Waals surface area contributed by atoms with E-state index in [1.807, 2.05) is 27.7 Å². The normalized spacial score (nSPS) is 12.7. The van der Waals surface area contributed by atoms with Gasteiger partial charge in [-0.05, 0) is 30.7 Å². The van der Waals surface area contributed by atoms with Crippen LogP contribution in [0.2, 0.25) is 0 Å². The van der Waals surface area contributed by atoms with Crippen LogP contribution in [0.25, 0.3) is 12.2 Å². The Labute approximate surface area is 173 Å². The van der Waals surface area contributed by atoms with Crippen molar-refractivity contribution in [3.63, 3.8) is 0 Å². The minimum absolute atomic E-state index is 0.0585. The molecule has 0 unspecified atom stereocenters. The lowest BCUT2D eigenvalue weighted by atomic mass is 9.91. The molecule has 1 heterocycles. The first-order chi connectivity index (χ1) is 13.6. The Balaban J connectivity index is 2.31. The summed E-state index contributed by atoms with van der Waals surface area (Å²) in [6.45, 7) is 7.73. The molecule has 0 saturated heterocycles. The summed E-state index contributed by atoms with van der Waals surface area (Å²) in [4.78, 5) is 38.6. The molecular formula is C21H26N2O5S. The van der Waals surface area contributed by atoms with Crippen molar-refractivity contribution in [3.8, 4) is 11.5 Å². The van der Waals surface area contributed by atoms with Crippen molar-refractivity contribution in [2.24, 2.45) is 5.41 Å². The van der Waals surface area contributed by atoms with Crippen LogP contribution in [0, 0.1) is 5.41 Å². The first-order valence-corrected chi connectivity index (χ1v) is 10.00. The topological polar surface area (TPSA) is 97.5 Å². The number of likely N-dealkylation sites (N-methyl/N-ethyl adjacent to an activating group) is 1. The van der Waals surface area contributed by atoms with E-state index in [9.17, 15) is 14.4 Å². The van der Waals surface area contributed by atoms with Crippen molar-refractivity contribution in [3.05, 3.63) is 43.3 Å². The van der Waals surface area contributed by atoms with E-state index in [0.717, 1.165) is 5.56 Å². The largest absolute Gasteiger partial charge is 0.493 e. The quantitative estimate of drug-likeness (QED) is 0.704. The maximum Gasteiger partial charge on any atom is 0.266 e. The van der Waals surface area contributed by atoms with Crippen LogP contribution in [-0.2, 0) is 9.59 Å². The Morgan fingerprint density at radius 3 is 2.59 bits per heavy atom. The highest BCUT2D eigenvalue weighted by Gasteiger charge is 2.18. The molecule has 0 saturated carbocycles. The molecule has 1 aromatic carbocycles. The van der Waals surface area contributed by atoms with Gasteiger partial charge in [0.2, 0.25) is 0 Å². The maximum absolute atomic E-state index is 12.2. The summed E-state index contributed by atoms with van der Waals surface area (Å²) >= 11 is 1.21. The van der Waals surface area contributed by atoms with Crippen LogP contribution in [0.15, 0.2) is 23.0 Å². The average molecular weight is 419 g/mol. The van der Waals surface area contributed by atoms with Gasteiger partial charge in [0.15, 0.2) is 23.9 Å². The van der Waals surface area contributed by atoms with Gasteiger partial charge in [0.05, 0.1) is 16.3 Å². The zero-order valence-corrected chi connectivity index (χ0v) is 18.1. The fourth-order valence-electron chi connectivity index (χ4n) is 2.30.